The maximum atomic E-state index is 14.4. The number of hydrogen-bond donors (Lipinski definition) is 1. The molecule has 1 N–H and O–H groups in total. The monoisotopic (exact) mass is 280 g/mol. The number of aromatic amines is 1. The molecule has 4 heteroatoms. The zero-order chi connectivity index (χ0) is 14.0. The van der Waals surface area contributed by atoms with Gasteiger partial charge in [0.05, 0.1) is 0 Å². The van der Waals surface area contributed by atoms with Crippen LogP contribution in [0.2, 0.25) is 0 Å². The summed E-state index contributed by atoms with van der Waals surface area (Å²) < 4.78 is 14.4. The Morgan fingerprint density at radius 2 is 2.11 bits per heavy atom. The molecule has 0 spiro atoms. The van der Waals surface area contributed by atoms with Gasteiger partial charge < -0.3 is 9.88 Å². The van der Waals surface area contributed by atoms with E-state index in [1.165, 1.54) is 11.8 Å². The van der Waals surface area contributed by atoms with Crippen LogP contribution in [0.3, 0.4) is 0 Å². The summed E-state index contributed by atoms with van der Waals surface area (Å²) in [5.74, 6) is -0.0894. The normalized spacial score (nSPS) is 11.9. The molecule has 0 saturated heterocycles. The number of thioether (sulfide) groups is 1. The van der Waals surface area contributed by atoms with E-state index in [-0.39, 0.29) is 5.82 Å². The Bertz CT molecular complexity index is 563. The average Bonchev–Trinajstić information content (AvgIpc) is 2.80. The van der Waals surface area contributed by atoms with Crippen molar-refractivity contribution in [3.8, 4) is 0 Å². The van der Waals surface area contributed by atoms with Gasteiger partial charge in [-0.3, -0.25) is 0 Å². The Labute approximate surface area is 118 Å². The highest BCUT2D eigenvalue weighted by molar-refractivity contribution is 7.98. The van der Waals surface area contributed by atoms with E-state index in [9.17, 15) is 4.39 Å². The Morgan fingerprint density at radius 1 is 1.37 bits per heavy atom. The number of aromatic nitrogens is 1. The summed E-state index contributed by atoms with van der Waals surface area (Å²) in [4.78, 5) is 6.15. The van der Waals surface area contributed by atoms with Crippen LogP contribution in [0, 0.1) is 5.82 Å². The highest BCUT2D eigenvalue weighted by atomic mass is 32.2. The minimum atomic E-state index is -0.0894. The van der Waals surface area contributed by atoms with Crippen molar-refractivity contribution in [2.75, 3.05) is 19.8 Å². The molecular formula is C15H21FN2S. The molecule has 2 aromatic rings. The molecule has 1 aromatic heterocycles. The highest BCUT2D eigenvalue weighted by Crippen LogP contribution is 2.29. The number of likely N-dealkylation sites (N-methyl/N-ethyl adjacent to an activating group) is 1. The summed E-state index contributed by atoms with van der Waals surface area (Å²) >= 11 is 1.45. The van der Waals surface area contributed by atoms with Crippen LogP contribution in [-0.4, -0.2) is 35.8 Å². The van der Waals surface area contributed by atoms with Crippen LogP contribution < -0.4 is 0 Å². The molecule has 0 fully saturated rings. The van der Waals surface area contributed by atoms with Gasteiger partial charge in [0.1, 0.15) is 5.82 Å². The molecule has 2 rings (SSSR count). The van der Waals surface area contributed by atoms with Crippen molar-refractivity contribution in [1.29, 1.82) is 0 Å². The Hall–Kier alpha value is -1.00. The van der Waals surface area contributed by atoms with Gasteiger partial charge in [0.25, 0.3) is 0 Å². The van der Waals surface area contributed by atoms with Crippen molar-refractivity contribution < 1.29 is 4.39 Å². The van der Waals surface area contributed by atoms with Crippen molar-refractivity contribution in [3.63, 3.8) is 0 Å². The van der Waals surface area contributed by atoms with E-state index in [1.54, 1.807) is 0 Å². The van der Waals surface area contributed by atoms with Gasteiger partial charge in [-0.2, -0.15) is 0 Å². The number of benzene rings is 1. The van der Waals surface area contributed by atoms with Crippen LogP contribution in [-0.2, 0) is 6.42 Å². The molecule has 1 aromatic carbocycles. The van der Waals surface area contributed by atoms with Gasteiger partial charge >= 0.3 is 0 Å². The van der Waals surface area contributed by atoms with E-state index in [2.05, 4.69) is 30.8 Å². The molecule has 104 valence electrons. The fraction of sp³-hybridized carbons (Fsp3) is 0.467. The minimum absolute atomic E-state index is 0.0894. The molecule has 0 aliphatic heterocycles. The first-order chi connectivity index (χ1) is 9.04. The van der Waals surface area contributed by atoms with Gasteiger partial charge in [0.2, 0.25) is 0 Å². The summed E-state index contributed by atoms with van der Waals surface area (Å²) in [7, 11) is 2.10. The fourth-order valence-electron chi connectivity index (χ4n) is 2.14. The van der Waals surface area contributed by atoms with Crippen LogP contribution in [0.15, 0.2) is 23.2 Å². The van der Waals surface area contributed by atoms with Crippen LogP contribution in [0.25, 0.3) is 10.9 Å². The third kappa shape index (κ3) is 2.95. The predicted molar refractivity (Wildman–Crippen MR) is 81.5 cm³/mol. The predicted octanol–water partition coefficient (Wildman–Crippen LogP) is 3.91. The van der Waals surface area contributed by atoms with Gasteiger partial charge in [-0.15, -0.1) is 11.8 Å². The highest BCUT2D eigenvalue weighted by Gasteiger charge is 2.13. The first kappa shape index (κ1) is 14.4. The smallest absolute Gasteiger partial charge is 0.146 e. The van der Waals surface area contributed by atoms with Crippen LogP contribution >= 0.6 is 11.8 Å². The molecule has 0 saturated carbocycles. The third-order valence-electron chi connectivity index (χ3n) is 3.66. The number of fused-ring (bicyclic) bond motifs is 1. The molecule has 0 aliphatic carbocycles. The number of rotatable bonds is 5. The maximum Gasteiger partial charge on any atom is 0.146 e. The average molecular weight is 280 g/mol. The number of nitrogens with zero attached hydrogens (tertiary/aromatic N) is 1. The minimum Gasteiger partial charge on any atom is -0.361 e. The second kappa shape index (κ2) is 5.97. The summed E-state index contributed by atoms with van der Waals surface area (Å²) in [6.45, 7) is 5.27. The quantitative estimate of drug-likeness (QED) is 0.837. The van der Waals surface area contributed by atoms with Crippen molar-refractivity contribution >= 4 is 22.7 Å². The molecule has 0 unspecified atom stereocenters. The number of nitrogens with one attached hydrogen (secondary N) is 1. The lowest BCUT2D eigenvalue weighted by Gasteiger charge is -2.20. The molecule has 2 nitrogen and oxygen atoms in total. The molecule has 1 heterocycles. The molecule has 0 radical (unpaired) electrons. The standard InChI is InChI=1S/C15H21FN2S/c1-10(2)18(3)8-7-11-9-17-12-5-6-13(19-4)15(16)14(11)12/h5-6,9-10,17H,7-8H2,1-4H3. The van der Waals surface area contributed by atoms with Crippen LogP contribution in [0.5, 0.6) is 0 Å². The summed E-state index contributed by atoms with van der Waals surface area (Å²) in [5, 5.41) is 0.754. The van der Waals surface area contributed by atoms with E-state index in [4.69, 9.17) is 0 Å². The molecule has 0 bridgehead atoms. The third-order valence-corrected chi connectivity index (χ3v) is 4.42. The second-order valence-corrected chi connectivity index (χ2v) is 5.99. The molecule has 19 heavy (non-hydrogen) atoms. The first-order valence-corrected chi connectivity index (χ1v) is 7.79. The van der Waals surface area contributed by atoms with Gasteiger partial charge in [-0.1, -0.05) is 0 Å². The fourth-order valence-corrected chi connectivity index (χ4v) is 2.62. The number of hydrogen-bond acceptors (Lipinski definition) is 2. The second-order valence-electron chi connectivity index (χ2n) is 5.14. The van der Waals surface area contributed by atoms with Crippen LogP contribution in [0.4, 0.5) is 4.39 Å². The van der Waals surface area contributed by atoms with E-state index in [1.807, 2.05) is 24.6 Å². The SMILES string of the molecule is CSc1ccc2[nH]cc(CCN(C)C(C)C)c2c1F. The largest absolute Gasteiger partial charge is 0.361 e. The zero-order valence-electron chi connectivity index (χ0n) is 12.0. The van der Waals surface area contributed by atoms with Crippen molar-refractivity contribution in [3.05, 3.63) is 29.7 Å². The van der Waals surface area contributed by atoms with E-state index in [0.29, 0.717) is 10.9 Å². The summed E-state index contributed by atoms with van der Waals surface area (Å²) in [6, 6.07) is 4.31. The molecule has 0 atom stereocenters. The van der Waals surface area contributed by atoms with Crippen LogP contribution in [0.1, 0.15) is 19.4 Å². The zero-order valence-corrected chi connectivity index (χ0v) is 12.8. The lowest BCUT2D eigenvalue weighted by atomic mass is 10.1. The number of halogens is 1. The van der Waals surface area contributed by atoms with E-state index >= 15 is 0 Å². The lowest BCUT2D eigenvalue weighted by molar-refractivity contribution is 0.278. The Kier molecular flexibility index (Phi) is 4.53. The molecular weight excluding hydrogens is 259 g/mol. The Morgan fingerprint density at radius 3 is 2.74 bits per heavy atom. The van der Waals surface area contributed by atoms with Gasteiger partial charge in [-0.05, 0) is 51.3 Å². The molecule has 0 amide bonds. The molecule has 0 aliphatic rings. The van der Waals surface area contributed by atoms with Crippen molar-refractivity contribution in [2.45, 2.75) is 31.2 Å². The number of H-pyrrole nitrogens is 1. The summed E-state index contributed by atoms with van der Waals surface area (Å²) in [6.07, 6.45) is 4.71. The summed E-state index contributed by atoms with van der Waals surface area (Å²) in [5.41, 5.74) is 1.95. The lowest BCUT2D eigenvalue weighted by Crippen LogP contribution is -2.28. The van der Waals surface area contributed by atoms with Crippen molar-refractivity contribution in [1.82, 2.24) is 9.88 Å². The van der Waals surface area contributed by atoms with Gasteiger partial charge in [-0.25, -0.2) is 4.39 Å². The maximum absolute atomic E-state index is 14.4. The van der Waals surface area contributed by atoms with Gasteiger partial charge in [0, 0.05) is 34.6 Å². The van der Waals surface area contributed by atoms with E-state index < -0.39 is 0 Å². The first-order valence-electron chi connectivity index (χ1n) is 6.57. The topological polar surface area (TPSA) is 19.0 Å². The van der Waals surface area contributed by atoms with Gasteiger partial charge in [0.15, 0.2) is 0 Å². The van der Waals surface area contributed by atoms with E-state index in [0.717, 1.165) is 29.4 Å². The Balaban J connectivity index is 2.29. The van der Waals surface area contributed by atoms with Crippen molar-refractivity contribution in [2.24, 2.45) is 0 Å².